The van der Waals surface area contributed by atoms with E-state index in [1.54, 1.807) is 13.1 Å². The number of rotatable bonds is 2. The molecule has 0 atom stereocenters. The number of anilines is 1. The van der Waals surface area contributed by atoms with Crippen LogP contribution in [0, 0.1) is 0 Å². The average molecular weight is 396 g/mol. The van der Waals surface area contributed by atoms with Crippen LogP contribution in [0.15, 0.2) is 29.1 Å². The summed E-state index contributed by atoms with van der Waals surface area (Å²) >= 11 is 0. The fourth-order valence-electron chi connectivity index (χ4n) is 3.21. The lowest BCUT2D eigenvalue weighted by Gasteiger charge is -2.23. The van der Waals surface area contributed by atoms with E-state index in [1.165, 1.54) is 4.57 Å². The molecule has 5 N–H and O–H groups in total. The summed E-state index contributed by atoms with van der Waals surface area (Å²) in [6, 6.07) is 7.35. The Kier molecular flexibility index (Phi) is 5.48. The van der Waals surface area contributed by atoms with Crippen LogP contribution in [-0.2, 0) is 13.6 Å². The molecule has 1 aliphatic rings. The maximum Gasteiger partial charge on any atom is 0.262 e. The van der Waals surface area contributed by atoms with E-state index < -0.39 is 0 Å². The normalized spacial score (nSPS) is 13.0. The van der Waals surface area contributed by atoms with Crippen LogP contribution < -0.4 is 21.9 Å². The van der Waals surface area contributed by atoms with E-state index >= 15 is 0 Å². The highest BCUT2D eigenvalue weighted by molar-refractivity contribution is 6.01. The zero-order chi connectivity index (χ0) is 21.3. The molecule has 3 heterocycles. The van der Waals surface area contributed by atoms with Gasteiger partial charge in [-0.25, -0.2) is 4.98 Å². The number of fused-ring (bicyclic) bond motifs is 2. The van der Waals surface area contributed by atoms with Crippen molar-refractivity contribution in [3.05, 3.63) is 45.9 Å². The monoisotopic (exact) mass is 396 g/mol. The standard InChI is InChI=1S/C19H21N5O2.C2H7N/c1-19(2,3)23-18-22-15-10(6-5-7-11(15)17(26)24(18)4)13-8-12-14(21-13)9-20-16(12)25;1-2-3/h5-8,21H,9H2,1-4H3,(H,20,25)(H,22,23);2-3H2,1H3. The second-order valence-corrected chi connectivity index (χ2v) is 8.04. The smallest absolute Gasteiger partial charge is 0.262 e. The predicted molar refractivity (Wildman–Crippen MR) is 116 cm³/mol. The van der Waals surface area contributed by atoms with E-state index in [0.29, 0.717) is 29.0 Å². The number of hydrogen-bond acceptors (Lipinski definition) is 5. The van der Waals surface area contributed by atoms with E-state index in [9.17, 15) is 9.59 Å². The Labute approximate surface area is 169 Å². The zero-order valence-corrected chi connectivity index (χ0v) is 17.5. The summed E-state index contributed by atoms with van der Waals surface area (Å²) in [6.45, 7) is 9.20. The number of aromatic amines is 1. The Morgan fingerprint density at radius 2 is 1.93 bits per heavy atom. The number of para-hydroxylation sites is 1. The SMILES string of the molecule is CCN.Cn1c(NC(C)(C)C)nc2c(-c3cc4c([nH]3)CNC4=O)cccc2c1=O. The molecule has 0 fully saturated rings. The lowest BCUT2D eigenvalue weighted by molar-refractivity contribution is 0.0965. The van der Waals surface area contributed by atoms with Gasteiger partial charge < -0.3 is 21.4 Å². The first-order valence-corrected chi connectivity index (χ1v) is 9.64. The van der Waals surface area contributed by atoms with Gasteiger partial charge in [-0.05, 0) is 39.4 Å². The second kappa shape index (κ2) is 7.71. The van der Waals surface area contributed by atoms with Gasteiger partial charge >= 0.3 is 0 Å². The third kappa shape index (κ3) is 4.02. The molecule has 0 bridgehead atoms. The first-order chi connectivity index (χ1) is 13.7. The van der Waals surface area contributed by atoms with Gasteiger partial charge in [0, 0.05) is 29.5 Å². The van der Waals surface area contributed by atoms with Crippen molar-refractivity contribution in [2.75, 3.05) is 11.9 Å². The van der Waals surface area contributed by atoms with Crippen LogP contribution in [-0.4, -0.2) is 32.5 Å². The summed E-state index contributed by atoms with van der Waals surface area (Å²) in [6.07, 6.45) is 0. The molecule has 1 amide bonds. The molecule has 3 aromatic rings. The van der Waals surface area contributed by atoms with E-state index in [4.69, 9.17) is 10.7 Å². The van der Waals surface area contributed by atoms with E-state index in [1.807, 2.05) is 45.9 Å². The van der Waals surface area contributed by atoms with Crippen molar-refractivity contribution in [1.29, 1.82) is 0 Å². The highest BCUT2D eigenvalue weighted by Gasteiger charge is 2.23. The van der Waals surface area contributed by atoms with Gasteiger partial charge in [-0.2, -0.15) is 0 Å². The minimum absolute atomic E-state index is 0.0818. The second-order valence-electron chi connectivity index (χ2n) is 8.04. The molecule has 2 aromatic heterocycles. The Hall–Kier alpha value is -3.13. The molecule has 154 valence electrons. The fraction of sp³-hybridized carbons (Fsp3) is 0.381. The lowest BCUT2D eigenvalue weighted by Crippen LogP contribution is -2.32. The van der Waals surface area contributed by atoms with Crippen LogP contribution in [0.1, 0.15) is 43.7 Å². The van der Waals surface area contributed by atoms with Crippen LogP contribution in [0.25, 0.3) is 22.2 Å². The van der Waals surface area contributed by atoms with Gasteiger partial charge in [0.2, 0.25) is 5.95 Å². The van der Waals surface area contributed by atoms with Crippen LogP contribution in [0.4, 0.5) is 5.95 Å². The largest absolute Gasteiger partial charge is 0.356 e. The number of nitrogens with zero attached hydrogens (tertiary/aromatic N) is 2. The van der Waals surface area contributed by atoms with E-state index in [0.717, 1.165) is 23.5 Å². The summed E-state index contributed by atoms with van der Waals surface area (Å²) in [4.78, 5) is 32.7. The third-order valence-corrected chi connectivity index (χ3v) is 4.45. The molecule has 1 aliphatic heterocycles. The number of benzene rings is 1. The molecule has 8 nitrogen and oxygen atoms in total. The maximum atomic E-state index is 12.8. The average Bonchev–Trinajstić information content (AvgIpc) is 3.21. The number of nitrogens with two attached hydrogens (primary N) is 1. The first kappa shape index (κ1) is 20.6. The molecule has 0 unspecified atom stereocenters. The first-order valence-electron chi connectivity index (χ1n) is 9.64. The molecular formula is C21H28N6O2. The number of nitrogens with one attached hydrogen (secondary N) is 3. The van der Waals surface area contributed by atoms with Crippen molar-refractivity contribution in [2.45, 2.75) is 39.8 Å². The summed E-state index contributed by atoms with van der Waals surface area (Å²) in [5.41, 5.74) is 8.22. The van der Waals surface area contributed by atoms with Gasteiger partial charge in [-0.1, -0.05) is 19.1 Å². The number of aromatic nitrogens is 3. The minimum atomic E-state index is -0.231. The molecule has 8 heteroatoms. The number of amides is 1. The number of hydrogen-bond donors (Lipinski definition) is 4. The fourth-order valence-corrected chi connectivity index (χ4v) is 3.21. The highest BCUT2D eigenvalue weighted by Crippen LogP contribution is 2.29. The van der Waals surface area contributed by atoms with Crippen molar-refractivity contribution in [1.82, 2.24) is 19.9 Å². The highest BCUT2D eigenvalue weighted by atomic mass is 16.2. The van der Waals surface area contributed by atoms with Crippen LogP contribution in [0.3, 0.4) is 0 Å². The molecular weight excluding hydrogens is 368 g/mol. The Bertz CT molecular complexity index is 1120. The van der Waals surface area contributed by atoms with Crippen LogP contribution in [0.5, 0.6) is 0 Å². The number of H-pyrrole nitrogens is 1. The van der Waals surface area contributed by atoms with Crippen LogP contribution >= 0.6 is 0 Å². The van der Waals surface area contributed by atoms with Crippen molar-refractivity contribution in [3.63, 3.8) is 0 Å². The van der Waals surface area contributed by atoms with E-state index in [-0.39, 0.29) is 17.0 Å². The van der Waals surface area contributed by atoms with Crippen molar-refractivity contribution >= 4 is 22.8 Å². The summed E-state index contributed by atoms with van der Waals surface area (Å²) in [7, 11) is 1.71. The van der Waals surface area contributed by atoms with Gasteiger partial charge in [0.15, 0.2) is 0 Å². The molecule has 0 aliphatic carbocycles. The molecule has 0 saturated carbocycles. The molecule has 29 heavy (non-hydrogen) atoms. The van der Waals surface area contributed by atoms with Gasteiger partial charge in [-0.15, -0.1) is 0 Å². The zero-order valence-electron chi connectivity index (χ0n) is 17.5. The quantitative estimate of drug-likeness (QED) is 0.530. The third-order valence-electron chi connectivity index (χ3n) is 4.45. The Balaban J connectivity index is 0.000000755. The topological polar surface area (TPSA) is 118 Å². The van der Waals surface area contributed by atoms with Crippen LogP contribution in [0.2, 0.25) is 0 Å². The van der Waals surface area contributed by atoms with Crippen molar-refractivity contribution < 1.29 is 4.79 Å². The maximum absolute atomic E-state index is 12.8. The molecule has 1 aromatic carbocycles. The molecule has 4 rings (SSSR count). The van der Waals surface area contributed by atoms with Gasteiger partial charge in [-0.3, -0.25) is 14.2 Å². The number of carbonyl (C=O) groups excluding carboxylic acids is 1. The Morgan fingerprint density at radius 1 is 1.24 bits per heavy atom. The lowest BCUT2D eigenvalue weighted by atomic mass is 10.1. The van der Waals surface area contributed by atoms with Gasteiger partial charge in [0.05, 0.1) is 23.0 Å². The molecule has 0 saturated heterocycles. The minimum Gasteiger partial charge on any atom is -0.356 e. The van der Waals surface area contributed by atoms with Gasteiger partial charge in [0.1, 0.15) is 0 Å². The molecule has 0 spiro atoms. The number of carbonyl (C=O) groups is 1. The van der Waals surface area contributed by atoms with Crippen molar-refractivity contribution in [2.24, 2.45) is 12.8 Å². The van der Waals surface area contributed by atoms with Gasteiger partial charge in [0.25, 0.3) is 11.5 Å². The Morgan fingerprint density at radius 3 is 2.55 bits per heavy atom. The summed E-state index contributed by atoms with van der Waals surface area (Å²) in [5, 5.41) is 6.61. The predicted octanol–water partition coefficient (Wildman–Crippen LogP) is 2.35. The molecule has 0 radical (unpaired) electrons. The van der Waals surface area contributed by atoms with Crippen molar-refractivity contribution in [3.8, 4) is 11.3 Å². The van der Waals surface area contributed by atoms with E-state index in [2.05, 4.69) is 15.6 Å². The summed E-state index contributed by atoms with van der Waals surface area (Å²) in [5.74, 6) is 0.431. The summed E-state index contributed by atoms with van der Waals surface area (Å²) < 4.78 is 1.53.